The number of phosphoric acid groups is 1. The van der Waals surface area contributed by atoms with Crippen LogP contribution in [0.2, 0.25) is 0 Å². The number of phosphoric ester groups is 1. The molecule has 25 heteroatoms. The first kappa shape index (κ1) is 86.9. The maximum atomic E-state index is 14.3. The molecule has 0 bridgehead atoms. The first-order chi connectivity index (χ1) is 45.8. The Kier molecular flexibility index (Phi) is 48.2. The van der Waals surface area contributed by atoms with E-state index in [1.54, 1.807) is 0 Å². The van der Waals surface area contributed by atoms with Gasteiger partial charge in [-0.1, -0.05) is 232 Å². The third-order valence-corrected chi connectivity index (χ3v) is 19.3. The van der Waals surface area contributed by atoms with E-state index in [1.165, 1.54) is 109 Å². The van der Waals surface area contributed by atoms with E-state index < -0.39 is 156 Å². The van der Waals surface area contributed by atoms with Gasteiger partial charge in [0.05, 0.1) is 13.2 Å². The molecule has 24 nitrogen and oxygen atoms in total. The summed E-state index contributed by atoms with van der Waals surface area (Å²) in [6.07, 6.45) is 10.0. The monoisotopic (exact) mass is 1380 g/mol. The summed E-state index contributed by atoms with van der Waals surface area (Å²) in [4.78, 5) is 50.9. The third kappa shape index (κ3) is 36.2. The van der Waals surface area contributed by atoms with Crippen molar-refractivity contribution in [3.8, 4) is 0 Å². The molecule has 95 heavy (non-hydrogen) atoms. The van der Waals surface area contributed by atoms with Gasteiger partial charge in [-0.3, -0.25) is 23.4 Å². The number of allylic oxidation sites excluding steroid dienone is 2. The van der Waals surface area contributed by atoms with Crippen LogP contribution < -0.4 is 0 Å². The van der Waals surface area contributed by atoms with Crippen molar-refractivity contribution < 1.29 is 117 Å². The zero-order chi connectivity index (χ0) is 69.6. The third-order valence-electron chi connectivity index (χ3n) is 18.3. The Morgan fingerprint density at radius 3 is 1.15 bits per heavy atom. The van der Waals surface area contributed by atoms with Crippen LogP contribution in [0.1, 0.15) is 284 Å². The van der Waals surface area contributed by atoms with Crippen molar-refractivity contribution in [2.75, 3.05) is 26.4 Å². The number of aliphatic hydroxyl groups excluding tert-OH is 10. The summed E-state index contributed by atoms with van der Waals surface area (Å²) < 4.78 is 64.9. The maximum Gasteiger partial charge on any atom is 0.472 e. The van der Waals surface area contributed by atoms with E-state index >= 15 is 0 Å². The van der Waals surface area contributed by atoms with Gasteiger partial charge in [0.1, 0.15) is 98.7 Å². The maximum absolute atomic E-state index is 14.3. The fourth-order valence-electron chi connectivity index (χ4n) is 12.2. The molecule has 0 aromatic heterocycles. The Bertz CT molecular complexity index is 2020. The minimum absolute atomic E-state index is 0.0319. The topological polar surface area (TPSA) is 374 Å². The second-order valence-corrected chi connectivity index (χ2v) is 28.1. The molecule has 2 saturated heterocycles. The fourth-order valence-corrected chi connectivity index (χ4v) is 13.2. The van der Waals surface area contributed by atoms with E-state index in [9.17, 15) is 74.9 Å². The van der Waals surface area contributed by atoms with Crippen LogP contribution in [0.5, 0.6) is 0 Å². The summed E-state index contributed by atoms with van der Waals surface area (Å²) in [5, 5.41) is 110. The number of carbonyl (C=O) groups excluding carboxylic acids is 3. The molecule has 11 N–H and O–H groups in total. The van der Waals surface area contributed by atoms with E-state index in [0.29, 0.717) is 19.3 Å². The molecule has 3 fully saturated rings. The van der Waals surface area contributed by atoms with Crippen LogP contribution in [-0.2, 0) is 61.2 Å². The fraction of sp³-hybridized carbons (Fsp3) is 0.929. The number of hydrogen-bond donors (Lipinski definition) is 11. The average molecular weight is 1390 g/mol. The standard InChI is InChI=1S/C70H129O24P/c1-4-7-10-13-16-19-22-25-26-28-30-33-35-38-41-44-54(72)86-48-51(89-56(74)46-43-40-37-34-31-27-23-20-17-14-11-8-5-2)49-88-95(84,85)94-68-66(92-69-64(82)59(77)57(75)52(47-71)90-69)62(80)61(79)63(81)67(68)93-70-65(83)60(78)58(76)53(91-70)50-87-55(73)45-42-39-36-32-29-24-21-18-15-12-9-6-3/h19,22,51-53,57-71,75-83H,4-18,20-21,23-50H2,1-3H3,(H,84,85)/b22-19-. The lowest BCUT2D eigenvalue weighted by molar-refractivity contribution is -0.360. The molecule has 2 aliphatic heterocycles. The molecule has 0 amide bonds. The molecule has 3 rings (SSSR count). The van der Waals surface area contributed by atoms with Crippen molar-refractivity contribution in [1.82, 2.24) is 0 Å². The first-order valence-corrected chi connectivity index (χ1v) is 38.5. The minimum Gasteiger partial charge on any atom is -0.463 e. The van der Waals surface area contributed by atoms with Gasteiger partial charge >= 0.3 is 25.7 Å². The number of hydrogen-bond acceptors (Lipinski definition) is 23. The van der Waals surface area contributed by atoms with Gasteiger partial charge in [0.25, 0.3) is 0 Å². The molecule has 1 saturated carbocycles. The molecule has 18 unspecified atom stereocenters. The van der Waals surface area contributed by atoms with Crippen LogP contribution in [0, 0.1) is 0 Å². The smallest absolute Gasteiger partial charge is 0.463 e. The van der Waals surface area contributed by atoms with Crippen molar-refractivity contribution in [3.63, 3.8) is 0 Å². The second kappa shape index (κ2) is 52.6. The van der Waals surface area contributed by atoms with Gasteiger partial charge in [-0.15, -0.1) is 0 Å². The minimum atomic E-state index is -5.69. The van der Waals surface area contributed by atoms with Gasteiger partial charge in [0.15, 0.2) is 18.7 Å². The Morgan fingerprint density at radius 2 is 0.737 bits per heavy atom. The van der Waals surface area contributed by atoms with Gasteiger partial charge in [-0.05, 0) is 44.9 Å². The summed E-state index contributed by atoms with van der Waals surface area (Å²) in [5.74, 6) is -1.99. The van der Waals surface area contributed by atoms with Crippen LogP contribution in [0.15, 0.2) is 12.2 Å². The van der Waals surface area contributed by atoms with Gasteiger partial charge in [-0.2, -0.15) is 0 Å². The summed E-state index contributed by atoms with van der Waals surface area (Å²) >= 11 is 0. The van der Waals surface area contributed by atoms with Crippen molar-refractivity contribution in [1.29, 1.82) is 0 Å². The molecule has 3 aliphatic rings. The molecule has 558 valence electrons. The van der Waals surface area contributed by atoms with Crippen molar-refractivity contribution >= 4 is 25.7 Å². The molecule has 0 spiro atoms. The number of ether oxygens (including phenoxy) is 7. The van der Waals surface area contributed by atoms with E-state index in [0.717, 1.165) is 116 Å². The van der Waals surface area contributed by atoms with Crippen molar-refractivity contribution in [3.05, 3.63) is 12.2 Å². The number of rotatable bonds is 57. The predicted octanol–water partition coefficient (Wildman–Crippen LogP) is 9.57. The zero-order valence-corrected chi connectivity index (χ0v) is 58.9. The highest BCUT2D eigenvalue weighted by Crippen LogP contribution is 2.49. The van der Waals surface area contributed by atoms with Gasteiger partial charge in [-0.25, -0.2) is 4.57 Å². The van der Waals surface area contributed by atoms with Gasteiger partial charge in [0, 0.05) is 19.3 Å². The number of carbonyl (C=O) groups is 3. The largest absolute Gasteiger partial charge is 0.472 e. The lowest BCUT2D eigenvalue weighted by Crippen LogP contribution is -2.69. The Hall–Kier alpha value is -2.30. The summed E-state index contributed by atoms with van der Waals surface area (Å²) in [7, 11) is -5.69. The average Bonchev–Trinajstić information content (AvgIpc) is 0.771. The number of aliphatic hydroxyl groups is 10. The number of unbranched alkanes of at least 4 members (excludes halogenated alkanes) is 34. The lowest BCUT2D eigenvalue weighted by Gasteiger charge is -2.49. The highest BCUT2D eigenvalue weighted by atomic mass is 31.2. The molecule has 18 atom stereocenters. The van der Waals surface area contributed by atoms with Crippen LogP contribution in [0.25, 0.3) is 0 Å². The molecular weight excluding hydrogens is 1260 g/mol. The molecule has 0 aromatic rings. The first-order valence-electron chi connectivity index (χ1n) is 37.0. The van der Waals surface area contributed by atoms with E-state index in [-0.39, 0.29) is 19.3 Å². The van der Waals surface area contributed by atoms with E-state index in [1.807, 2.05) is 0 Å². The molecule has 1 aliphatic carbocycles. The van der Waals surface area contributed by atoms with Crippen LogP contribution in [0.3, 0.4) is 0 Å². The van der Waals surface area contributed by atoms with E-state index in [2.05, 4.69) is 32.9 Å². The van der Waals surface area contributed by atoms with Crippen molar-refractivity contribution in [2.45, 2.75) is 388 Å². The highest BCUT2D eigenvalue weighted by Gasteiger charge is 2.58. The van der Waals surface area contributed by atoms with Crippen LogP contribution in [0.4, 0.5) is 0 Å². The molecular formula is C70H129O24P. The quantitative estimate of drug-likeness (QED) is 0.00887. The predicted molar refractivity (Wildman–Crippen MR) is 356 cm³/mol. The van der Waals surface area contributed by atoms with Crippen LogP contribution in [-0.4, -0.2) is 204 Å². The molecule has 2 heterocycles. The van der Waals surface area contributed by atoms with Crippen LogP contribution >= 0.6 is 7.82 Å². The summed E-state index contributed by atoms with van der Waals surface area (Å²) in [6, 6.07) is 0. The number of esters is 3. The van der Waals surface area contributed by atoms with Crippen molar-refractivity contribution in [2.24, 2.45) is 0 Å². The van der Waals surface area contributed by atoms with Gasteiger partial charge in [0.2, 0.25) is 0 Å². The Labute approximate surface area is 567 Å². The highest BCUT2D eigenvalue weighted by molar-refractivity contribution is 7.47. The molecule has 0 radical (unpaired) electrons. The van der Waals surface area contributed by atoms with Gasteiger partial charge < -0.3 is 89.1 Å². The Balaban J connectivity index is 1.75. The lowest BCUT2D eigenvalue weighted by atomic mass is 9.84. The zero-order valence-electron chi connectivity index (χ0n) is 58.0. The Morgan fingerprint density at radius 1 is 0.400 bits per heavy atom. The molecule has 0 aromatic carbocycles. The summed E-state index contributed by atoms with van der Waals surface area (Å²) in [6.45, 7) is 3.42. The SMILES string of the molecule is CCCCCC/C=C\CCCCCCCCCC(=O)OCC(COP(=O)(O)OC1C(OC2OC(CO)C(O)C(O)C2O)C(O)C(O)C(O)C1OC1OC(COC(=O)CCCCCCCCCCCCCC)C(O)C(O)C1O)OC(=O)CCCCCCCCCCCCCCC. The second-order valence-electron chi connectivity index (χ2n) is 26.7. The van der Waals surface area contributed by atoms with E-state index in [4.69, 9.17) is 42.2 Å². The normalized spacial score (nSPS) is 28.1. The summed E-state index contributed by atoms with van der Waals surface area (Å²) in [5.41, 5.74) is 0.